The molecule has 7 aliphatic rings. The zero-order valence-corrected chi connectivity index (χ0v) is 37.6. The summed E-state index contributed by atoms with van der Waals surface area (Å²) in [6.07, 6.45) is 15.6. The van der Waals surface area contributed by atoms with E-state index in [9.17, 15) is 19.2 Å². The standard InChI is InChI=1S/C49H66N8O7/c1-62-47(60)55-42(30-12-5-3-6-13-30)45(58)50-24-10-9-17-41-51-28-36(53-41)33-18-20-34-40(27-33)64-39-21-19-32(26-35(39)49(34)22-23-49)37-29-52-44(54-37)38-16-11-25-57(38)46(59)43(56-48(61)63-2)31-14-7-4-8-15-31/h18-21,26-27,30-31,36-38,42-43H,3-17,22-25,28-29H2,1-2H3,(H,50,58)(H,51,53)(H,52,54)(H,55,60)(H,56,61)/t36?,37?,38-,42-,43-/m0/s1. The van der Waals surface area contributed by atoms with Gasteiger partial charge < -0.3 is 45.7 Å². The van der Waals surface area contributed by atoms with Crippen molar-refractivity contribution in [3.8, 4) is 11.5 Å². The minimum absolute atomic E-state index is 0.00455. The van der Waals surface area contributed by atoms with Gasteiger partial charge in [0, 0.05) is 36.1 Å². The molecule has 3 saturated carbocycles. The number of methoxy groups -OCH3 is 2. The molecule has 0 aromatic heterocycles. The van der Waals surface area contributed by atoms with E-state index in [-0.39, 0.29) is 47.2 Å². The molecule has 9 rings (SSSR count). The Hall–Kier alpha value is -5.34. The number of carbonyl (C=O) groups excluding carboxylic acids is 4. The van der Waals surface area contributed by atoms with Crippen molar-refractivity contribution < 1.29 is 33.4 Å². The summed E-state index contributed by atoms with van der Waals surface area (Å²) in [4.78, 5) is 63.4. The Kier molecular flexibility index (Phi) is 13.3. The monoisotopic (exact) mass is 879 g/mol. The molecule has 1 spiro atoms. The topological polar surface area (TPSA) is 184 Å². The highest BCUT2D eigenvalue weighted by atomic mass is 16.5. The van der Waals surface area contributed by atoms with Gasteiger partial charge in [0.15, 0.2) is 0 Å². The Bertz CT molecular complexity index is 2130. The van der Waals surface area contributed by atoms with Crippen LogP contribution < -0.4 is 31.3 Å². The van der Waals surface area contributed by atoms with Crippen LogP contribution in [0.15, 0.2) is 46.4 Å². The number of hydrogen-bond acceptors (Lipinski definition) is 11. The van der Waals surface area contributed by atoms with Gasteiger partial charge in [-0.15, -0.1) is 0 Å². The van der Waals surface area contributed by atoms with Crippen LogP contribution in [-0.2, 0) is 24.5 Å². The second kappa shape index (κ2) is 19.4. The van der Waals surface area contributed by atoms with Crippen LogP contribution >= 0.6 is 0 Å². The van der Waals surface area contributed by atoms with Crippen molar-refractivity contribution in [2.24, 2.45) is 21.8 Å². The smallest absolute Gasteiger partial charge is 0.407 e. The van der Waals surface area contributed by atoms with Crippen molar-refractivity contribution in [2.45, 2.75) is 145 Å². The van der Waals surface area contributed by atoms with Crippen molar-refractivity contribution in [3.05, 3.63) is 58.7 Å². The van der Waals surface area contributed by atoms with Crippen LogP contribution in [0.5, 0.6) is 11.5 Å². The van der Waals surface area contributed by atoms with Gasteiger partial charge in [-0.3, -0.25) is 19.6 Å². The highest BCUT2D eigenvalue weighted by Crippen LogP contribution is 2.62. The van der Waals surface area contributed by atoms with E-state index in [1.807, 2.05) is 4.90 Å². The maximum atomic E-state index is 14.1. The van der Waals surface area contributed by atoms with E-state index in [2.05, 4.69) is 63.0 Å². The van der Waals surface area contributed by atoms with Crippen molar-refractivity contribution in [2.75, 3.05) is 40.4 Å². The number of nitrogens with zero attached hydrogens (tertiary/aromatic N) is 3. The van der Waals surface area contributed by atoms with Crippen LogP contribution in [-0.4, -0.2) is 99.1 Å². The first-order valence-corrected chi connectivity index (χ1v) is 24.1. The normalized spacial score (nSPS) is 24.4. The molecule has 2 aromatic rings. The van der Waals surface area contributed by atoms with E-state index in [0.717, 1.165) is 131 Å². The van der Waals surface area contributed by atoms with Gasteiger partial charge in [-0.05, 0) is 105 Å². The summed E-state index contributed by atoms with van der Waals surface area (Å²) < 4.78 is 16.4. The number of carbonyl (C=O) groups is 4. The van der Waals surface area contributed by atoms with Crippen molar-refractivity contribution in [1.29, 1.82) is 0 Å². The fourth-order valence-electron chi connectivity index (χ4n) is 11.4. The Balaban J connectivity index is 0.776. The zero-order chi connectivity index (χ0) is 44.2. The fourth-order valence-corrected chi connectivity index (χ4v) is 11.4. The lowest BCUT2D eigenvalue weighted by atomic mass is 9.82. The lowest BCUT2D eigenvalue weighted by Gasteiger charge is -2.34. The predicted molar refractivity (Wildman–Crippen MR) is 243 cm³/mol. The SMILES string of the molecule is COC(=O)N[C@H](C(=O)NCCCCC1=NCC(c2ccc3c(c2)Oc2ccc(C4CN=C([C@@H]5CCCN5C(=O)[C@@H](NC(=O)OC)C5CCCCC5)N4)cc2C32CC2)N1)C1CCCCC1. The number of fused-ring (bicyclic) bond motifs is 4. The summed E-state index contributed by atoms with van der Waals surface area (Å²) in [5.41, 5.74) is 4.71. The Morgan fingerprint density at radius 3 is 2.12 bits per heavy atom. The maximum Gasteiger partial charge on any atom is 0.407 e. The molecule has 64 heavy (non-hydrogen) atoms. The third kappa shape index (κ3) is 9.26. The second-order valence-corrected chi connectivity index (χ2v) is 19.1. The first kappa shape index (κ1) is 43.9. The quantitative estimate of drug-likeness (QED) is 0.127. The number of ether oxygens (including phenoxy) is 3. The van der Waals surface area contributed by atoms with Gasteiger partial charge in [0.25, 0.3) is 0 Å². The van der Waals surface area contributed by atoms with Crippen molar-refractivity contribution >= 4 is 35.7 Å². The largest absolute Gasteiger partial charge is 0.457 e. The molecule has 15 heteroatoms. The van der Waals surface area contributed by atoms with Crippen LogP contribution in [0.4, 0.5) is 9.59 Å². The van der Waals surface area contributed by atoms with Gasteiger partial charge >= 0.3 is 12.2 Å². The molecule has 15 nitrogen and oxygen atoms in total. The first-order chi connectivity index (χ1) is 31.2. The summed E-state index contributed by atoms with van der Waals surface area (Å²) in [5.74, 6) is 3.74. The number of amides is 4. The number of amidine groups is 2. The van der Waals surface area contributed by atoms with Gasteiger partial charge in [0.05, 0.1) is 51.3 Å². The molecule has 4 fully saturated rings. The molecular formula is C49H66N8O7. The average Bonchev–Trinajstić information content (AvgIpc) is 3.67. The molecule has 5 atom stereocenters. The Morgan fingerprint density at radius 1 is 0.750 bits per heavy atom. The lowest BCUT2D eigenvalue weighted by Crippen LogP contribution is -2.55. The number of hydrogen-bond donors (Lipinski definition) is 5. The summed E-state index contributed by atoms with van der Waals surface area (Å²) in [6, 6.07) is 12.0. The predicted octanol–water partition coefficient (Wildman–Crippen LogP) is 6.85. The summed E-state index contributed by atoms with van der Waals surface area (Å²) in [6.45, 7) is 2.45. The number of likely N-dealkylation sites (tertiary alicyclic amines) is 1. The molecule has 0 bridgehead atoms. The number of unbranched alkanes of at least 4 members (excludes halogenated alkanes) is 1. The van der Waals surface area contributed by atoms with E-state index < -0.39 is 24.3 Å². The number of aliphatic imine (C=N–C) groups is 2. The molecule has 4 aliphatic heterocycles. The van der Waals surface area contributed by atoms with E-state index >= 15 is 0 Å². The van der Waals surface area contributed by atoms with E-state index in [0.29, 0.717) is 26.2 Å². The van der Waals surface area contributed by atoms with Crippen LogP contribution in [0, 0.1) is 11.8 Å². The van der Waals surface area contributed by atoms with Gasteiger partial charge in [0.2, 0.25) is 11.8 Å². The fraction of sp³-hybridized carbons (Fsp3) is 0.633. The molecule has 4 amide bonds. The van der Waals surface area contributed by atoms with Crippen molar-refractivity contribution in [1.82, 2.24) is 31.5 Å². The third-order valence-electron chi connectivity index (χ3n) is 15.1. The molecular weight excluding hydrogens is 813 g/mol. The van der Waals surface area contributed by atoms with Gasteiger partial charge in [-0.1, -0.05) is 56.7 Å². The molecule has 0 radical (unpaired) electrons. The van der Waals surface area contributed by atoms with Crippen LogP contribution in [0.3, 0.4) is 0 Å². The average molecular weight is 879 g/mol. The Morgan fingerprint density at radius 2 is 1.41 bits per heavy atom. The summed E-state index contributed by atoms with van der Waals surface area (Å²) in [7, 11) is 2.67. The summed E-state index contributed by atoms with van der Waals surface area (Å²) in [5, 5.41) is 16.1. The van der Waals surface area contributed by atoms with E-state index in [4.69, 9.17) is 24.2 Å². The molecule has 1 saturated heterocycles. The Labute approximate surface area is 376 Å². The van der Waals surface area contributed by atoms with Gasteiger partial charge in [0.1, 0.15) is 29.4 Å². The van der Waals surface area contributed by atoms with Crippen molar-refractivity contribution in [3.63, 3.8) is 0 Å². The molecule has 2 unspecified atom stereocenters. The number of nitrogens with one attached hydrogen (secondary N) is 5. The third-order valence-corrected chi connectivity index (χ3v) is 15.1. The summed E-state index contributed by atoms with van der Waals surface area (Å²) >= 11 is 0. The minimum Gasteiger partial charge on any atom is -0.457 e. The highest BCUT2D eigenvalue weighted by Gasteiger charge is 2.52. The zero-order valence-electron chi connectivity index (χ0n) is 37.6. The van der Waals surface area contributed by atoms with Crippen LogP contribution in [0.1, 0.15) is 143 Å². The molecule has 5 N–H and O–H groups in total. The van der Waals surface area contributed by atoms with Gasteiger partial charge in [-0.2, -0.15) is 0 Å². The van der Waals surface area contributed by atoms with Crippen LogP contribution in [0.2, 0.25) is 0 Å². The van der Waals surface area contributed by atoms with Gasteiger partial charge in [-0.25, -0.2) is 9.59 Å². The lowest BCUT2D eigenvalue weighted by molar-refractivity contribution is -0.135. The van der Waals surface area contributed by atoms with E-state index in [1.54, 1.807) is 0 Å². The highest BCUT2D eigenvalue weighted by molar-refractivity contribution is 5.95. The van der Waals surface area contributed by atoms with Crippen LogP contribution in [0.25, 0.3) is 0 Å². The maximum absolute atomic E-state index is 14.1. The number of alkyl carbamates (subject to hydrolysis) is 2. The first-order valence-electron chi connectivity index (χ1n) is 24.1. The number of benzene rings is 2. The second-order valence-electron chi connectivity index (χ2n) is 19.1. The minimum atomic E-state index is -0.588. The molecule has 3 aliphatic carbocycles. The molecule has 2 aromatic carbocycles. The number of rotatable bonds is 14. The molecule has 4 heterocycles. The van der Waals surface area contributed by atoms with E-state index in [1.165, 1.54) is 38.2 Å². The molecule has 344 valence electrons.